The van der Waals surface area contributed by atoms with Crippen molar-refractivity contribution in [2.45, 2.75) is 19.0 Å². The molecule has 3 N–H and O–H groups in total. The molecular weight excluding hydrogens is 462 g/mol. The Labute approximate surface area is 207 Å². The molecule has 4 rings (SSSR count). The summed E-state index contributed by atoms with van der Waals surface area (Å²) in [5.74, 6) is 0.0400. The molecule has 2 aromatic carbocycles. The number of thiazole rings is 1. The predicted molar refractivity (Wildman–Crippen MR) is 136 cm³/mol. The molecule has 2 aromatic heterocycles. The second-order valence-electron chi connectivity index (χ2n) is 7.65. The number of pyridine rings is 1. The van der Waals surface area contributed by atoms with Gasteiger partial charge in [-0.25, -0.2) is 4.98 Å². The van der Waals surface area contributed by atoms with Crippen LogP contribution < -0.4 is 20.7 Å². The first-order valence-electron chi connectivity index (χ1n) is 11.0. The van der Waals surface area contributed by atoms with E-state index < -0.39 is 11.9 Å². The van der Waals surface area contributed by atoms with Crippen LogP contribution in [0.15, 0.2) is 84.4 Å². The summed E-state index contributed by atoms with van der Waals surface area (Å²) < 4.78 is 5.17. The minimum atomic E-state index is -0.770. The van der Waals surface area contributed by atoms with Gasteiger partial charge in [-0.05, 0) is 42.0 Å². The number of rotatable bonds is 10. The average Bonchev–Trinajstić information content (AvgIpc) is 3.37. The quantitative estimate of drug-likeness (QED) is 0.313. The van der Waals surface area contributed by atoms with Crippen molar-refractivity contribution in [1.82, 2.24) is 20.6 Å². The molecule has 2 amide bonds. The number of aromatic nitrogens is 2. The highest BCUT2D eigenvalue weighted by molar-refractivity contribution is 7.14. The summed E-state index contributed by atoms with van der Waals surface area (Å²) in [5.41, 5.74) is 2.73. The lowest BCUT2D eigenvalue weighted by Crippen LogP contribution is -2.48. The number of carbonyl (C=O) groups is 2. The third kappa shape index (κ3) is 6.87. The summed E-state index contributed by atoms with van der Waals surface area (Å²) >= 11 is 1.31. The standard InChI is InChI=1S/C26H25N5O3S/c1-34-21-12-10-19(11-13-21)29-26-31-23(17-35-26)25(33)30-22(15-18-7-3-2-4-8-18)24(32)28-16-20-9-5-6-14-27-20/h2-14,17,22H,15-16H2,1H3,(H,28,32)(H,29,31)(H,30,33)/t22-/m0/s1. The van der Waals surface area contributed by atoms with E-state index in [9.17, 15) is 9.59 Å². The monoisotopic (exact) mass is 487 g/mol. The van der Waals surface area contributed by atoms with E-state index in [-0.39, 0.29) is 18.1 Å². The van der Waals surface area contributed by atoms with Crippen LogP contribution in [0, 0.1) is 0 Å². The molecule has 1 atom stereocenters. The van der Waals surface area contributed by atoms with Crippen LogP contribution in [0.2, 0.25) is 0 Å². The van der Waals surface area contributed by atoms with E-state index in [0.29, 0.717) is 11.6 Å². The number of carbonyl (C=O) groups excluding carboxylic acids is 2. The van der Waals surface area contributed by atoms with Crippen LogP contribution >= 0.6 is 11.3 Å². The Hall–Kier alpha value is -4.24. The van der Waals surface area contributed by atoms with Gasteiger partial charge in [0.1, 0.15) is 17.5 Å². The minimum Gasteiger partial charge on any atom is -0.497 e. The molecule has 0 aliphatic rings. The zero-order valence-electron chi connectivity index (χ0n) is 19.1. The fourth-order valence-electron chi connectivity index (χ4n) is 3.33. The number of nitrogens with one attached hydrogen (secondary N) is 3. The minimum absolute atomic E-state index is 0.238. The topological polar surface area (TPSA) is 105 Å². The first-order valence-corrected chi connectivity index (χ1v) is 11.9. The van der Waals surface area contributed by atoms with Gasteiger partial charge in [0, 0.05) is 23.7 Å². The van der Waals surface area contributed by atoms with Gasteiger partial charge in [-0.15, -0.1) is 11.3 Å². The number of benzene rings is 2. The molecule has 0 bridgehead atoms. The smallest absolute Gasteiger partial charge is 0.271 e. The zero-order valence-corrected chi connectivity index (χ0v) is 19.9. The lowest BCUT2D eigenvalue weighted by Gasteiger charge is -2.18. The van der Waals surface area contributed by atoms with E-state index in [4.69, 9.17) is 4.74 Å². The Kier molecular flexibility index (Phi) is 8.03. The first kappa shape index (κ1) is 23.9. The average molecular weight is 488 g/mol. The summed E-state index contributed by atoms with van der Waals surface area (Å²) in [4.78, 5) is 34.6. The molecule has 178 valence electrons. The van der Waals surface area contributed by atoms with Gasteiger partial charge in [-0.2, -0.15) is 0 Å². The van der Waals surface area contributed by atoms with Gasteiger partial charge in [0.15, 0.2) is 5.13 Å². The fraction of sp³-hybridized carbons (Fsp3) is 0.154. The molecule has 0 spiro atoms. The zero-order chi connectivity index (χ0) is 24.5. The van der Waals surface area contributed by atoms with E-state index in [1.807, 2.05) is 72.8 Å². The third-order valence-corrected chi connectivity index (χ3v) is 5.91. The second kappa shape index (κ2) is 11.8. The summed E-state index contributed by atoms with van der Waals surface area (Å²) in [6.07, 6.45) is 2.02. The maximum absolute atomic E-state index is 13.0. The summed E-state index contributed by atoms with van der Waals surface area (Å²) in [5, 5.41) is 11.1. The normalized spacial score (nSPS) is 11.3. The van der Waals surface area contributed by atoms with E-state index in [1.165, 1.54) is 11.3 Å². The fourth-order valence-corrected chi connectivity index (χ4v) is 4.04. The molecule has 0 aliphatic carbocycles. The van der Waals surface area contributed by atoms with Crippen molar-refractivity contribution in [3.8, 4) is 5.75 Å². The highest BCUT2D eigenvalue weighted by Gasteiger charge is 2.23. The number of amides is 2. The van der Waals surface area contributed by atoms with Gasteiger partial charge < -0.3 is 20.7 Å². The predicted octanol–water partition coefficient (Wildman–Crippen LogP) is 3.95. The lowest BCUT2D eigenvalue weighted by molar-refractivity contribution is -0.123. The number of hydrogen-bond acceptors (Lipinski definition) is 7. The molecule has 0 fully saturated rings. The highest BCUT2D eigenvalue weighted by atomic mass is 32.1. The number of nitrogens with zero attached hydrogens (tertiary/aromatic N) is 2. The lowest BCUT2D eigenvalue weighted by atomic mass is 10.0. The van der Waals surface area contributed by atoms with Crippen molar-refractivity contribution in [3.05, 3.63) is 101 Å². The van der Waals surface area contributed by atoms with Crippen molar-refractivity contribution >= 4 is 34.0 Å². The Bertz CT molecular complexity index is 1250. The molecule has 9 heteroatoms. The molecular formula is C26H25N5O3S. The van der Waals surface area contributed by atoms with Crippen LogP contribution in [0.4, 0.5) is 10.8 Å². The molecule has 0 unspecified atom stereocenters. The van der Waals surface area contributed by atoms with Gasteiger partial charge >= 0.3 is 0 Å². The summed E-state index contributed by atoms with van der Waals surface area (Å²) in [6.45, 7) is 0.271. The van der Waals surface area contributed by atoms with Gasteiger partial charge in [0.25, 0.3) is 5.91 Å². The Morgan fingerprint density at radius 3 is 2.49 bits per heavy atom. The molecule has 0 saturated carbocycles. The van der Waals surface area contributed by atoms with E-state index >= 15 is 0 Å². The highest BCUT2D eigenvalue weighted by Crippen LogP contribution is 2.23. The molecule has 4 aromatic rings. The van der Waals surface area contributed by atoms with Crippen LogP contribution in [0.5, 0.6) is 5.75 Å². The Balaban J connectivity index is 1.42. The largest absolute Gasteiger partial charge is 0.497 e. The molecule has 0 radical (unpaired) electrons. The molecule has 0 saturated heterocycles. The Morgan fingerprint density at radius 2 is 1.77 bits per heavy atom. The number of methoxy groups -OCH3 is 1. The molecule has 0 aliphatic heterocycles. The first-order chi connectivity index (χ1) is 17.1. The van der Waals surface area contributed by atoms with Crippen LogP contribution in [0.1, 0.15) is 21.7 Å². The second-order valence-corrected chi connectivity index (χ2v) is 8.50. The van der Waals surface area contributed by atoms with E-state index in [0.717, 1.165) is 22.7 Å². The Morgan fingerprint density at radius 1 is 1.00 bits per heavy atom. The van der Waals surface area contributed by atoms with E-state index in [1.54, 1.807) is 18.7 Å². The maximum atomic E-state index is 13.0. The van der Waals surface area contributed by atoms with Crippen molar-refractivity contribution < 1.29 is 14.3 Å². The van der Waals surface area contributed by atoms with E-state index in [2.05, 4.69) is 25.9 Å². The van der Waals surface area contributed by atoms with Crippen LogP contribution in [0.3, 0.4) is 0 Å². The van der Waals surface area contributed by atoms with Crippen molar-refractivity contribution in [3.63, 3.8) is 0 Å². The number of hydrogen-bond donors (Lipinski definition) is 3. The van der Waals surface area contributed by atoms with Crippen LogP contribution in [0.25, 0.3) is 0 Å². The van der Waals surface area contributed by atoms with Gasteiger partial charge in [0.05, 0.1) is 19.3 Å². The molecule has 8 nitrogen and oxygen atoms in total. The number of anilines is 2. The van der Waals surface area contributed by atoms with Crippen LogP contribution in [-0.2, 0) is 17.8 Å². The van der Waals surface area contributed by atoms with Gasteiger partial charge in [0.2, 0.25) is 5.91 Å². The van der Waals surface area contributed by atoms with Crippen molar-refractivity contribution in [2.75, 3.05) is 12.4 Å². The van der Waals surface area contributed by atoms with Crippen LogP contribution in [-0.4, -0.2) is 34.9 Å². The SMILES string of the molecule is COc1ccc(Nc2nc(C(=O)N[C@@H](Cc3ccccc3)C(=O)NCc3ccccn3)cs2)cc1. The van der Waals surface area contributed by atoms with Crippen molar-refractivity contribution in [2.24, 2.45) is 0 Å². The number of ether oxygens (including phenoxy) is 1. The summed E-state index contributed by atoms with van der Waals surface area (Å²) in [6, 6.07) is 21.7. The van der Waals surface area contributed by atoms with Gasteiger partial charge in [-0.1, -0.05) is 36.4 Å². The molecule has 35 heavy (non-hydrogen) atoms. The van der Waals surface area contributed by atoms with Crippen molar-refractivity contribution in [1.29, 1.82) is 0 Å². The van der Waals surface area contributed by atoms with Gasteiger partial charge in [-0.3, -0.25) is 14.6 Å². The third-order valence-electron chi connectivity index (χ3n) is 5.15. The maximum Gasteiger partial charge on any atom is 0.271 e. The molecule has 2 heterocycles. The summed E-state index contributed by atoms with van der Waals surface area (Å²) in [7, 11) is 1.61.